The Bertz CT molecular complexity index is 559. The van der Waals surface area contributed by atoms with E-state index in [2.05, 4.69) is 0 Å². The zero-order valence-electron chi connectivity index (χ0n) is 13.8. The monoisotopic (exact) mass is 308 g/mol. The average Bonchev–Trinajstić information content (AvgIpc) is 2.43. The average molecular weight is 308 g/mol. The highest BCUT2D eigenvalue weighted by Crippen LogP contribution is 2.32. The fraction of sp³-hybridized carbons (Fsp3) is 0.588. The molecule has 2 N–H and O–H groups in total. The largest absolute Gasteiger partial charge is 0.444 e. The van der Waals surface area contributed by atoms with E-state index in [-0.39, 0.29) is 17.8 Å². The first-order chi connectivity index (χ1) is 10.2. The molecule has 1 fully saturated rings. The molecular formula is C17H25FN2O2. The maximum absolute atomic E-state index is 14.3. The minimum absolute atomic E-state index is 0.123. The molecule has 0 radical (unpaired) electrons. The summed E-state index contributed by atoms with van der Waals surface area (Å²) < 4.78 is 19.7. The lowest BCUT2D eigenvalue weighted by molar-refractivity contribution is 0.0204. The predicted octanol–water partition coefficient (Wildman–Crippen LogP) is 3.83. The van der Waals surface area contributed by atoms with Gasteiger partial charge in [0.1, 0.15) is 11.4 Å². The lowest BCUT2D eigenvalue weighted by atomic mass is 9.88. The molecule has 1 amide bonds. The van der Waals surface area contributed by atoms with Crippen LogP contribution in [0.4, 0.5) is 14.9 Å². The van der Waals surface area contributed by atoms with Crippen LogP contribution in [0.15, 0.2) is 12.1 Å². The van der Waals surface area contributed by atoms with Crippen molar-refractivity contribution in [2.24, 2.45) is 0 Å². The molecule has 5 heteroatoms. The van der Waals surface area contributed by atoms with Gasteiger partial charge in [-0.2, -0.15) is 0 Å². The molecule has 0 aliphatic carbocycles. The summed E-state index contributed by atoms with van der Waals surface area (Å²) in [4.78, 5) is 13.7. The summed E-state index contributed by atoms with van der Waals surface area (Å²) in [5, 5.41) is 0. The van der Waals surface area contributed by atoms with Gasteiger partial charge in [-0.15, -0.1) is 0 Å². The molecule has 122 valence electrons. The zero-order chi connectivity index (χ0) is 16.5. The second-order valence-electron chi connectivity index (χ2n) is 6.92. The fourth-order valence-electron chi connectivity index (χ4n) is 2.74. The third-order valence-corrected chi connectivity index (χ3v) is 4.04. The molecule has 0 atom stereocenters. The topological polar surface area (TPSA) is 55.6 Å². The van der Waals surface area contributed by atoms with Gasteiger partial charge in [-0.3, -0.25) is 0 Å². The van der Waals surface area contributed by atoms with Crippen molar-refractivity contribution in [1.82, 2.24) is 4.90 Å². The van der Waals surface area contributed by atoms with E-state index in [0.717, 1.165) is 12.8 Å². The minimum Gasteiger partial charge on any atom is -0.444 e. The number of nitrogen functional groups attached to an aromatic ring is 1. The number of piperidine rings is 1. The van der Waals surface area contributed by atoms with E-state index in [9.17, 15) is 9.18 Å². The van der Waals surface area contributed by atoms with E-state index < -0.39 is 5.60 Å². The number of carbonyl (C=O) groups is 1. The van der Waals surface area contributed by atoms with E-state index in [0.29, 0.717) is 29.9 Å². The Labute approximate surface area is 131 Å². The van der Waals surface area contributed by atoms with Gasteiger partial charge in [-0.05, 0) is 58.1 Å². The van der Waals surface area contributed by atoms with Crippen LogP contribution in [0.2, 0.25) is 0 Å². The summed E-state index contributed by atoms with van der Waals surface area (Å²) in [6, 6.07) is 3.53. The number of halogens is 1. The predicted molar refractivity (Wildman–Crippen MR) is 85.3 cm³/mol. The van der Waals surface area contributed by atoms with Crippen molar-refractivity contribution < 1.29 is 13.9 Å². The third-order valence-electron chi connectivity index (χ3n) is 4.04. The zero-order valence-corrected chi connectivity index (χ0v) is 13.8. The first-order valence-electron chi connectivity index (χ1n) is 7.71. The van der Waals surface area contributed by atoms with E-state index in [1.165, 1.54) is 0 Å². The smallest absolute Gasteiger partial charge is 0.410 e. The van der Waals surface area contributed by atoms with Gasteiger partial charge in [0.2, 0.25) is 0 Å². The molecule has 1 aliphatic rings. The van der Waals surface area contributed by atoms with Gasteiger partial charge in [0.25, 0.3) is 0 Å². The molecule has 2 rings (SSSR count). The van der Waals surface area contributed by atoms with Crippen molar-refractivity contribution in [3.05, 3.63) is 29.1 Å². The summed E-state index contributed by atoms with van der Waals surface area (Å²) >= 11 is 0. The number of carbonyl (C=O) groups excluding carboxylic acids is 1. The van der Waals surface area contributed by atoms with Crippen LogP contribution in [0.25, 0.3) is 0 Å². The van der Waals surface area contributed by atoms with Crippen LogP contribution in [-0.4, -0.2) is 29.7 Å². The number of benzene rings is 1. The molecule has 1 aromatic carbocycles. The SMILES string of the molecule is Cc1c(N)ccc(C2CCN(C(=O)OC(C)(C)C)CC2)c1F. The molecule has 1 heterocycles. The summed E-state index contributed by atoms with van der Waals surface area (Å²) in [5.74, 6) is -0.0892. The quantitative estimate of drug-likeness (QED) is 0.802. The molecule has 1 aliphatic heterocycles. The molecule has 0 saturated carbocycles. The van der Waals surface area contributed by atoms with Crippen molar-refractivity contribution >= 4 is 11.8 Å². The maximum Gasteiger partial charge on any atom is 0.410 e. The van der Waals surface area contributed by atoms with Crippen molar-refractivity contribution in [3.63, 3.8) is 0 Å². The summed E-state index contributed by atoms with van der Waals surface area (Å²) in [6.45, 7) is 8.42. The molecule has 0 aromatic heterocycles. The highest BCUT2D eigenvalue weighted by atomic mass is 19.1. The van der Waals surface area contributed by atoms with Crippen molar-refractivity contribution in [2.75, 3.05) is 18.8 Å². The Balaban J connectivity index is 2.01. The first-order valence-corrected chi connectivity index (χ1v) is 7.71. The Morgan fingerprint density at radius 1 is 1.32 bits per heavy atom. The highest BCUT2D eigenvalue weighted by Gasteiger charge is 2.28. The van der Waals surface area contributed by atoms with Crippen molar-refractivity contribution in [1.29, 1.82) is 0 Å². The number of anilines is 1. The molecule has 0 spiro atoms. The van der Waals surface area contributed by atoms with E-state index in [1.807, 2.05) is 20.8 Å². The number of amides is 1. The lowest BCUT2D eigenvalue weighted by Crippen LogP contribution is -2.41. The Morgan fingerprint density at radius 3 is 2.45 bits per heavy atom. The van der Waals surface area contributed by atoms with Crippen LogP contribution >= 0.6 is 0 Å². The molecule has 0 unspecified atom stereocenters. The van der Waals surface area contributed by atoms with Crippen LogP contribution in [-0.2, 0) is 4.74 Å². The highest BCUT2D eigenvalue weighted by molar-refractivity contribution is 5.68. The second-order valence-corrected chi connectivity index (χ2v) is 6.92. The van der Waals surface area contributed by atoms with Crippen LogP contribution in [0.3, 0.4) is 0 Å². The number of hydrogen-bond donors (Lipinski definition) is 1. The molecule has 0 bridgehead atoms. The van der Waals surface area contributed by atoms with Crippen LogP contribution in [0, 0.1) is 12.7 Å². The van der Waals surface area contributed by atoms with Crippen molar-refractivity contribution in [3.8, 4) is 0 Å². The van der Waals surface area contributed by atoms with Crippen molar-refractivity contribution in [2.45, 2.75) is 52.1 Å². The Kier molecular flexibility index (Phi) is 4.63. The Morgan fingerprint density at radius 2 is 1.91 bits per heavy atom. The number of rotatable bonds is 1. The standard InChI is InChI=1S/C17H25FN2O2/c1-11-14(19)6-5-13(15(11)18)12-7-9-20(10-8-12)16(21)22-17(2,3)4/h5-6,12H,7-10,19H2,1-4H3. The summed E-state index contributed by atoms with van der Waals surface area (Å²) in [7, 11) is 0. The van der Waals surface area contributed by atoms with Gasteiger partial charge in [-0.25, -0.2) is 9.18 Å². The Hall–Kier alpha value is -1.78. The first kappa shape index (κ1) is 16.6. The second kappa shape index (κ2) is 6.15. The van der Waals surface area contributed by atoms with Gasteiger partial charge in [0, 0.05) is 24.3 Å². The van der Waals surface area contributed by atoms with Gasteiger partial charge in [0.15, 0.2) is 0 Å². The van der Waals surface area contributed by atoms with Gasteiger partial charge in [0.05, 0.1) is 0 Å². The fourth-order valence-corrected chi connectivity index (χ4v) is 2.74. The lowest BCUT2D eigenvalue weighted by Gasteiger charge is -2.33. The van der Waals surface area contributed by atoms with Gasteiger partial charge >= 0.3 is 6.09 Å². The number of nitrogens with zero attached hydrogens (tertiary/aromatic N) is 1. The van der Waals surface area contributed by atoms with E-state index in [4.69, 9.17) is 10.5 Å². The van der Waals surface area contributed by atoms with Crippen LogP contribution in [0.1, 0.15) is 50.7 Å². The van der Waals surface area contributed by atoms with E-state index >= 15 is 0 Å². The number of nitrogens with two attached hydrogens (primary N) is 1. The molecule has 4 nitrogen and oxygen atoms in total. The normalized spacial score (nSPS) is 16.7. The molecule has 1 saturated heterocycles. The summed E-state index contributed by atoms with van der Waals surface area (Å²) in [6.07, 6.45) is 1.18. The van der Waals surface area contributed by atoms with Crippen LogP contribution < -0.4 is 5.73 Å². The number of ether oxygens (including phenoxy) is 1. The number of likely N-dealkylation sites (tertiary alicyclic amines) is 1. The van der Waals surface area contributed by atoms with Gasteiger partial charge in [-0.1, -0.05) is 6.07 Å². The van der Waals surface area contributed by atoms with E-state index in [1.54, 1.807) is 24.0 Å². The minimum atomic E-state index is -0.492. The molecule has 22 heavy (non-hydrogen) atoms. The van der Waals surface area contributed by atoms with Gasteiger partial charge < -0.3 is 15.4 Å². The molecule has 1 aromatic rings. The molecular weight excluding hydrogens is 283 g/mol. The summed E-state index contributed by atoms with van der Waals surface area (Å²) in [5.41, 5.74) is 6.93. The maximum atomic E-state index is 14.3. The van der Waals surface area contributed by atoms with Crippen LogP contribution in [0.5, 0.6) is 0 Å². The third kappa shape index (κ3) is 3.70. The number of hydrogen-bond acceptors (Lipinski definition) is 3.